The Bertz CT molecular complexity index is 789. The van der Waals surface area contributed by atoms with E-state index < -0.39 is 6.10 Å². The third kappa shape index (κ3) is 3.64. The number of hydrogen-bond donors (Lipinski definition) is 1. The van der Waals surface area contributed by atoms with E-state index in [0.717, 1.165) is 0 Å². The number of rotatable bonds is 5. The van der Waals surface area contributed by atoms with E-state index in [4.69, 9.17) is 10.5 Å². The van der Waals surface area contributed by atoms with Gasteiger partial charge in [-0.1, -0.05) is 0 Å². The number of carbonyl (C=O) groups excluding carboxylic acids is 2. The molecule has 1 atom stereocenters. The number of nitrogens with two attached hydrogens (primary N) is 1. The molecule has 3 rings (SSSR count). The van der Waals surface area contributed by atoms with Gasteiger partial charge in [0, 0.05) is 58.5 Å². The Labute approximate surface area is 150 Å². The quantitative estimate of drug-likeness (QED) is 0.768. The number of nitrogens with zero attached hydrogens (tertiary/aromatic N) is 6. The summed E-state index contributed by atoms with van der Waals surface area (Å²) in [5.41, 5.74) is 5.76. The largest absolute Gasteiger partial charge is 0.368 e. The van der Waals surface area contributed by atoms with Gasteiger partial charge in [-0.3, -0.25) is 9.59 Å². The van der Waals surface area contributed by atoms with Crippen molar-refractivity contribution >= 4 is 17.8 Å². The fraction of sp³-hybridized carbons (Fsp3) is 0.438. The van der Waals surface area contributed by atoms with E-state index >= 15 is 0 Å². The van der Waals surface area contributed by atoms with Gasteiger partial charge in [0.25, 0.3) is 11.8 Å². The molecule has 2 aromatic rings. The zero-order valence-corrected chi connectivity index (χ0v) is 14.7. The maximum atomic E-state index is 12.7. The Balaban J connectivity index is 1.57. The average Bonchev–Trinajstić information content (AvgIpc) is 3.14. The minimum absolute atomic E-state index is 0.111. The molecule has 10 heteroatoms. The van der Waals surface area contributed by atoms with Gasteiger partial charge in [0.15, 0.2) is 6.10 Å². The Morgan fingerprint density at radius 3 is 2.65 bits per heavy atom. The van der Waals surface area contributed by atoms with E-state index in [1.165, 1.54) is 22.2 Å². The van der Waals surface area contributed by atoms with Gasteiger partial charge in [0.2, 0.25) is 5.95 Å². The van der Waals surface area contributed by atoms with Crippen molar-refractivity contribution in [3.63, 3.8) is 0 Å². The summed E-state index contributed by atoms with van der Waals surface area (Å²) in [6, 6.07) is 0. The van der Waals surface area contributed by atoms with E-state index in [1.807, 2.05) is 10.8 Å². The van der Waals surface area contributed by atoms with Crippen LogP contribution in [0.5, 0.6) is 0 Å². The van der Waals surface area contributed by atoms with Crippen LogP contribution < -0.4 is 5.73 Å². The Morgan fingerprint density at radius 1 is 1.23 bits per heavy atom. The second-order valence-corrected chi connectivity index (χ2v) is 6.05. The molecule has 2 amide bonds. The Morgan fingerprint density at radius 2 is 1.92 bits per heavy atom. The molecule has 1 unspecified atom stereocenters. The average molecular weight is 359 g/mol. The van der Waals surface area contributed by atoms with Gasteiger partial charge < -0.3 is 24.8 Å². The Kier molecular flexibility index (Phi) is 5.12. The molecule has 3 heterocycles. The van der Waals surface area contributed by atoms with Crippen LogP contribution in [0.1, 0.15) is 22.3 Å². The molecule has 2 N–H and O–H groups in total. The lowest BCUT2D eigenvalue weighted by molar-refractivity contribution is -0.145. The van der Waals surface area contributed by atoms with Gasteiger partial charge in [-0.2, -0.15) is 0 Å². The fourth-order valence-electron chi connectivity index (χ4n) is 2.65. The molecule has 138 valence electrons. The highest BCUT2D eigenvalue weighted by atomic mass is 16.5. The van der Waals surface area contributed by atoms with Crippen molar-refractivity contribution in [2.45, 2.75) is 12.6 Å². The molecule has 0 spiro atoms. The fourth-order valence-corrected chi connectivity index (χ4v) is 2.65. The molecule has 0 bridgehead atoms. The van der Waals surface area contributed by atoms with Crippen LogP contribution in [0.2, 0.25) is 0 Å². The van der Waals surface area contributed by atoms with Gasteiger partial charge in [-0.05, 0) is 0 Å². The normalized spacial score (nSPS) is 16.0. The summed E-state index contributed by atoms with van der Waals surface area (Å²) in [4.78, 5) is 39.9. The molecule has 0 radical (unpaired) electrons. The summed E-state index contributed by atoms with van der Waals surface area (Å²) in [6.07, 6.45) is 5.54. The molecule has 0 saturated carbocycles. The summed E-state index contributed by atoms with van der Waals surface area (Å²) in [7, 11) is 3.33. The molecule has 1 aliphatic heterocycles. The van der Waals surface area contributed by atoms with E-state index in [2.05, 4.69) is 15.0 Å². The number of aromatic nitrogens is 4. The molecule has 0 aromatic carbocycles. The van der Waals surface area contributed by atoms with Gasteiger partial charge in [-0.25, -0.2) is 15.0 Å². The SMILES string of the molecule is CN(CCN(C)C(=O)C1OCCn2ccnc21)C(=O)c1cnc(N)nc1. The van der Waals surface area contributed by atoms with Crippen molar-refractivity contribution in [2.75, 3.05) is 39.5 Å². The maximum absolute atomic E-state index is 12.7. The summed E-state index contributed by atoms with van der Waals surface area (Å²) in [5, 5.41) is 0. The molecule has 2 aromatic heterocycles. The predicted molar refractivity (Wildman–Crippen MR) is 92.0 cm³/mol. The van der Waals surface area contributed by atoms with Crippen LogP contribution in [-0.4, -0.2) is 74.9 Å². The molecular weight excluding hydrogens is 338 g/mol. The van der Waals surface area contributed by atoms with Crippen molar-refractivity contribution in [1.82, 2.24) is 29.3 Å². The van der Waals surface area contributed by atoms with Crippen molar-refractivity contribution in [1.29, 1.82) is 0 Å². The summed E-state index contributed by atoms with van der Waals surface area (Å²) < 4.78 is 7.51. The minimum Gasteiger partial charge on any atom is -0.368 e. The lowest BCUT2D eigenvalue weighted by Gasteiger charge is -2.28. The second-order valence-electron chi connectivity index (χ2n) is 6.05. The van der Waals surface area contributed by atoms with Crippen LogP contribution >= 0.6 is 0 Å². The van der Waals surface area contributed by atoms with E-state index in [-0.39, 0.29) is 17.8 Å². The van der Waals surface area contributed by atoms with Crippen LogP contribution in [-0.2, 0) is 16.1 Å². The number of carbonyl (C=O) groups is 2. The number of imidazole rings is 1. The van der Waals surface area contributed by atoms with Crippen molar-refractivity contribution < 1.29 is 14.3 Å². The molecule has 26 heavy (non-hydrogen) atoms. The first kappa shape index (κ1) is 17.8. The van der Waals surface area contributed by atoms with Gasteiger partial charge in [0.05, 0.1) is 12.2 Å². The number of hydrogen-bond acceptors (Lipinski definition) is 7. The highest BCUT2D eigenvalue weighted by Gasteiger charge is 2.31. The molecular formula is C16H21N7O3. The maximum Gasteiger partial charge on any atom is 0.259 e. The number of likely N-dealkylation sites (N-methyl/N-ethyl adjacent to an activating group) is 2. The van der Waals surface area contributed by atoms with Crippen LogP contribution in [0.15, 0.2) is 24.8 Å². The van der Waals surface area contributed by atoms with Crippen molar-refractivity contribution in [3.8, 4) is 0 Å². The number of ether oxygens (including phenoxy) is 1. The monoisotopic (exact) mass is 359 g/mol. The Hall–Kier alpha value is -3.01. The molecule has 1 aliphatic rings. The smallest absolute Gasteiger partial charge is 0.259 e. The van der Waals surface area contributed by atoms with Gasteiger partial charge in [0.1, 0.15) is 5.82 Å². The minimum atomic E-state index is -0.713. The molecule has 0 aliphatic carbocycles. The third-order valence-corrected chi connectivity index (χ3v) is 4.24. The first-order valence-corrected chi connectivity index (χ1v) is 8.18. The lowest BCUT2D eigenvalue weighted by atomic mass is 10.2. The molecule has 0 fully saturated rings. The van der Waals surface area contributed by atoms with E-state index in [9.17, 15) is 9.59 Å². The van der Waals surface area contributed by atoms with Gasteiger partial charge >= 0.3 is 0 Å². The highest BCUT2D eigenvalue weighted by Crippen LogP contribution is 2.22. The highest BCUT2D eigenvalue weighted by molar-refractivity contribution is 5.93. The van der Waals surface area contributed by atoms with Gasteiger partial charge in [-0.15, -0.1) is 0 Å². The lowest BCUT2D eigenvalue weighted by Crippen LogP contribution is -2.41. The van der Waals surface area contributed by atoms with Crippen molar-refractivity contribution in [2.24, 2.45) is 0 Å². The molecule has 0 saturated heterocycles. The standard InChI is InChI=1S/C16H21N7O3/c1-21(14(24)11-9-19-16(17)20-10-11)5-6-22(2)15(25)12-13-18-3-4-23(13)7-8-26-12/h3-4,9-10,12H,5-8H2,1-2H3,(H2,17,19,20). The third-order valence-electron chi connectivity index (χ3n) is 4.24. The van der Waals surface area contributed by atoms with Crippen molar-refractivity contribution in [3.05, 3.63) is 36.2 Å². The van der Waals surface area contributed by atoms with Crippen LogP contribution in [0.3, 0.4) is 0 Å². The topological polar surface area (TPSA) is 119 Å². The number of amides is 2. The second kappa shape index (κ2) is 7.48. The zero-order chi connectivity index (χ0) is 18.7. The van der Waals surface area contributed by atoms with Crippen LogP contribution in [0, 0.1) is 0 Å². The van der Waals surface area contributed by atoms with E-state index in [1.54, 1.807) is 20.3 Å². The number of anilines is 1. The molecule has 10 nitrogen and oxygen atoms in total. The first-order chi connectivity index (χ1) is 12.5. The number of fused-ring (bicyclic) bond motifs is 1. The summed E-state index contributed by atoms with van der Waals surface area (Å²) in [6.45, 7) is 1.86. The number of nitrogen functional groups attached to an aromatic ring is 1. The first-order valence-electron chi connectivity index (χ1n) is 8.18. The summed E-state index contributed by atoms with van der Waals surface area (Å²) in [5.74, 6) is 0.293. The van der Waals surface area contributed by atoms with E-state index in [0.29, 0.717) is 37.6 Å². The van der Waals surface area contributed by atoms with Crippen LogP contribution in [0.4, 0.5) is 5.95 Å². The van der Waals surface area contributed by atoms with Crippen LogP contribution in [0.25, 0.3) is 0 Å². The summed E-state index contributed by atoms with van der Waals surface area (Å²) >= 11 is 0. The predicted octanol–water partition coefficient (Wildman–Crippen LogP) is -0.443. The zero-order valence-electron chi connectivity index (χ0n) is 14.7.